The van der Waals surface area contributed by atoms with E-state index in [1.165, 1.54) is 88.7 Å². The van der Waals surface area contributed by atoms with Crippen molar-refractivity contribution in [1.29, 1.82) is 0 Å². The molecule has 1 aliphatic heterocycles. The largest absolute Gasteiger partial charge is 0.310 e. The third kappa shape index (κ3) is 5.14. The lowest BCUT2D eigenvalue weighted by Crippen LogP contribution is -2.32. The predicted octanol–water partition coefficient (Wildman–Crippen LogP) is 15.9. The first-order valence-corrected chi connectivity index (χ1v) is 20.8. The molecular weight excluding hydrogens is 725 g/mol. The zero-order valence-electron chi connectivity index (χ0n) is 33.3. The average Bonchev–Trinajstić information content (AvgIpc) is 3.59. The van der Waals surface area contributed by atoms with Gasteiger partial charge in [-0.1, -0.05) is 170 Å². The molecule has 0 aromatic heterocycles. The molecule has 282 valence electrons. The summed E-state index contributed by atoms with van der Waals surface area (Å²) >= 11 is 0. The van der Waals surface area contributed by atoms with Crippen LogP contribution in [0, 0.1) is 0 Å². The Morgan fingerprint density at radius 1 is 0.367 bits per heavy atom. The normalized spacial score (nSPS) is 14.8. The Bertz CT molecular complexity index is 3260. The van der Waals surface area contributed by atoms with E-state index in [1.54, 1.807) is 0 Å². The highest BCUT2D eigenvalue weighted by Gasteiger charge is 2.48. The molecule has 1 unspecified atom stereocenters. The van der Waals surface area contributed by atoms with Gasteiger partial charge in [-0.05, 0) is 122 Å². The molecule has 1 heterocycles. The summed E-state index contributed by atoms with van der Waals surface area (Å²) in [6.45, 7) is 2.44. The molecule has 0 fully saturated rings. The summed E-state index contributed by atoms with van der Waals surface area (Å²) in [6, 6.07) is 82.4. The van der Waals surface area contributed by atoms with Crippen LogP contribution < -0.4 is 9.80 Å². The van der Waals surface area contributed by atoms with Gasteiger partial charge in [0.25, 0.3) is 0 Å². The van der Waals surface area contributed by atoms with E-state index in [0.717, 1.165) is 17.1 Å². The quantitative estimate of drug-likeness (QED) is 0.166. The number of fused-ring (bicyclic) bond motifs is 7. The highest BCUT2D eigenvalue weighted by molar-refractivity contribution is 6.04. The molecule has 0 N–H and O–H groups in total. The van der Waals surface area contributed by atoms with Gasteiger partial charge in [0, 0.05) is 27.6 Å². The van der Waals surface area contributed by atoms with Crippen molar-refractivity contribution >= 4 is 55.7 Å². The second kappa shape index (κ2) is 13.4. The zero-order chi connectivity index (χ0) is 39.8. The van der Waals surface area contributed by atoms with Crippen molar-refractivity contribution < 1.29 is 0 Å². The van der Waals surface area contributed by atoms with Gasteiger partial charge in [0.05, 0.1) is 22.7 Å². The number of benzene rings is 10. The molecule has 10 aromatic rings. The topological polar surface area (TPSA) is 6.48 Å². The van der Waals surface area contributed by atoms with E-state index in [2.05, 4.69) is 241 Å². The van der Waals surface area contributed by atoms with Crippen molar-refractivity contribution in [3.63, 3.8) is 0 Å². The molecule has 0 bridgehead atoms. The van der Waals surface area contributed by atoms with Crippen molar-refractivity contribution in [3.05, 3.63) is 241 Å². The molecule has 2 heteroatoms. The van der Waals surface area contributed by atoms with Gasteiger partial charge in [-0.2, -0.15) is 0 Å². The maximum Gasteiger partial charge on any atom is 0.0540 e. The van der Waals surface area contributed by atoms with Crippen LogP contribution in [0.1, 0.15) is 23.6 Å². The number of hydrogen-bond donors (Lipinski definition) is 0. The lowest BCUT2D eigenvalue weighted by molar-refractivity contribution is 0.702. The van der Waals surface area contributed by atoms with E-state index >= 15 is 0 Å². The summed E-state index contributed by atoms with van der Waals surface area (Å²) in [5.41, 5.74) is 18.2. The monoisotopic (exact) mass is 764 g/mol. The molecule has 2 nitrogen and oxygen atoms in total. The number of hydrogen-bond acceptors (Lipinski definition) is 2. The summed E-state index contributed by atoms with van der Waals surface area (Å²) in [5, 5.41) is 4.91. The number of anilines is 6. The van der Waals surface area contributed by atoms with E-state index in [0.29, 0.717) is 0 Å². The lowest BCUT2D eigenvalue weighted by atomic mass is 9.70. The first kappa shape index (κ1) is 34.4. The number of nitrogens with zero attached hydrogens (tertiary/aromatic N) is 2. The average molecular weight is 765 g/mol. The summed E-state index contributed by atoms with van der Waals surface area (Å²) in [6.07, 6.45) is 0. The van der Waals surface area contributed by atoms with E-state index in [-0.39, 0.29) is 5.41 Å². The molecule has 12 rings (SSSR count). The Kier molecular flexibility index (Phi) is 7.70. The number of rotatable bonds is 6. The molecule has 1 aliphatic carbocycles. The van der Waals surface area contributed by atoms with Gasteiger partial charge in [0.2, 0.25) is 0 Å². The summed E-state index contributed by atoms with van der Waals surface area (Å²) in [4.78, 5) is 4.91. The molecule has 0 saturated carbocycles. The summed E-state index contributed by atoms with van der Waals surface area (Å²) in [5.74, 6) is 0. The fourth-order valence-electron chi connectivity index (χ4n) is 10.2. The summed E-state index contributed by atoms with van der Waals surface area (Å²) in [7, 11) is 0. The van der Waals surface area contributed by atoms with Gasteiger partial charge >= 0.3 is 0 Å². The fraction of sp³-hybridized carbons (Fsp3) is 0.0345. The Balaban J connectivity index is 1.01. The van der Waals surface area contributed by atoms with Crippen molar-refractivity contribution in [2.75, 3.05) is 9.80 Å². The van der Waals surface area contributed by atoms with Gasteiger partial charge < -0.3 is 9.80 Å². The van der Waals surface area contributed by atoms with Crippen LogP contribution in [0.2, 0.25) is 0 Å². The molecular formula is C58H40N2. The second-order valence-electron chi connectivity index (χ2n) is 16.2. The minimum Gasteiger partial charge on any atom is -0.310 e. The molecule has 10 aromatic carbocycles. The van der Waals surface area contributed by atoms with E-state index in [4.69, 9.17) is 0 Å². The second-order valence-corrected chi connectivity index (χ2v) is 16.2. The molecule has 2 aliphatic rings. The zero-order valence-corrected chi connectivity index (χ0v) is 33.3. The van der Waals surface area contributed by atoms with E-state index in [1.807, 2.05) is 0 Å². The summed E-state index contributed by atoms with van der Waals surface area (Å²) < 4.78 is 0. The van der Waals surface area contributed by atoms with Crippen LogP contribution in [0.15, 0.2) is 224 Å². The van der Waals surface area contributed by atoms with Crippen molar-refractivity contribution in [2.24, 2.45) is 0 Å². The van der Waals surface area contributed by atoms with Crippen molar-refractivity contribution in [1.82, 2.24) is 0 Å². The minimum absolute atomic E-state index is 0.327. The van der Waals surface area contributed by atoms with Crippen LogP contribution in [0.25, 0.3) is 54.9 Å². The van der Waals surface area contributed by atoms with E-state index in [9.17, 15) is 0 Å². The fourth-order valence-corrected chi connectivity index (χ4v) is 10.2. The van der Waals surface area contributed by atoms with Crippen molar-refractivity contribution in [3.8, 4) is 33.4 Å². The van der Waals surface area contributed by atoms with Gasteiger partial charge in [-0.15, -0.1) is 0 Å². The highest BCUT2D eigenvalue weighted by atomic mass is 15.2. The molecule has 0 spiro atoms. The van der Waals surface area contributed by atoms with E-state index < -0.39 is 0 Å². The van der Waals surface area contributed by atoms with Gasteiger partial charge in [-0.25, -0.2) is 0 Å². The first-order chi connectivity index (χ1) is 29.6. The highest BCUT2D eigenvalue weighted by Crippen LogP contribution is 2.63. The van der Waals surface area contributed by atoms with Crippen LogP contribution in [-0.4, -0.2) is 0 Å². The predicted molar refractivity (Wildman–Crippen MR) is 253 cm³/mol. The Morgan fingerprint density at radius 3 is 1.67 bits per heavy atom. The van der Waals surface area contributed by atoms with Gasteiger partial charge in [0.1, 0.15) is 0 Å². The maximum absolute atomic E-state index is 2.52. The molecule has 1 atom stereocenters. The molecule has 0 amide bonds. The first-order valence-electron chi connectivity index (χ1n) is 20.8. The Labute approximate surface area is 350 Å². The van der Waals surface area contributed by atoms with Crippen molar-refractivity contribution in [2.45, 2.75) is 12.3 Å². The maximum atomic E-state index is 2.52. The van der Waals surface area contributed by atoms with Crippen LogP contribution >= 0.6 is 0 Å². The third-order valence-corrected chi connectivity index (χ3v) is 13.0. The Hall–Kier alpha value is -7.68. The lowest BCUT2D eigenvalue weighted by Gasteiger charge is -2.43. The van der Waals surface area contributed by atoms with Crippen LogP contribution in [-0.2, 0) is 5.41 Å². The van der Waals surface area contributed by atoms with Gasteiger partial charge in [-0.3, -0.25) is 0 Å². The minimum atomic E-state index is -0.327. The third-order valence-electron chi connectivity index (χ3n) is 13.0. The van der Waals surface area contributed by atoms with Crippen LogP contribution in [0.5, 0.6) is 0 Å². The molecule has 60 heavy (non-hydrogen) atoms. The van der Waals surface area contributed by atoms with Crippen LogP contribution in [0.3, 0.4) is 0 Å². The standard InChI is InChI=1S/C58H40N2/c1-58-51-24-10-9-22-49(51)50-23-13-27-56(57(50)58)60(54-26-12-19-43-17-6-8-21-48(43)54)55-37-32-44(38-52(55)58)41-30-35-46(36-31-41)59(53-25-11-18-42-16-5-7-20-47(42)53)45-33-28-40(29-34-45)39-14-3-2-4-15-39/h2-38H,1H3. The van der Waals surface area contributed by atoms with Crippen LogP contribution in [0.4, 0.5) is 34.1 Å². The molecule has 0 radical (unpaired) electrons. The van der Waals surface area contributed by atoms with Gasteiger partial charge in [0.15, 0.2) is 0 Å². The molecule has 0 saturated heterocycles. The Morgan fingerprint density at radius 2 is 0.900 bits per heavy atom. The smallest absolute Gasteiger partial charge is 0.0540 e. The SMILES string of the molecule is CC12c3ccccc3-c3cccc(c31)N(c1cccc3ccccc13)c1ccc(-c3ccc(N(c4ccc(-c5ccccc5)cc4)c4cccc5ccccc45)cc3)cc12.